The Morgan fingerprint density at radius 3 is 2.55 bits per heavy atom. The van der Waals surface area contributed by atoms with Gasteiger partial charge in [-0.3, -0.25) is 9.59 Å². The number of nitrogens with zero attached hydrogens (tertiary/aromatic N) is 4. The molecule has 0 saturated carbocycles. The van der Waals surface area contributed by atoms with E-state index in [9.17, 15) is 9.59 Å². The van der Waals surface area contributed by atoms with E-state index >= 15 is 0 Å². The van der Waals surface area contributed by atoms with Crippen LogP contribution in [-0.4, -0.2) is 64.0 Å². The van der Waals surface area contributed by atoms with Crippen LogP contribution in [0.2, 0.25) is 0 Å². The first-order valence-electron chi connectivity index (χ1n) is 13.3. The van der Waals surface area contributed by atoms with Crippen LogP contribution >= 0.6 is 11.8 Å². The molecule has 4 rings (SSSR count). The molecule has 1 aliphatic rings. The van der Waals surface area contributed by atoms with E-state index in [-0.39, 0.29) is 18.4 Å². The zero-order valence-corrected chi connectivity index (χ0v) is 24.6. The highest BCUT2D eigenvalue weighted by Gasteiger charge is 2.35. The molecule has 0 aliphatic carbocycles. The third-order valence-electron chi connectivity index (χ3n) is 6.60. The second-order valence-electron chi connectivity index (χ2n) is 9.25. The molecule has 3 aromatic rings. The lowest BCUT2D eigenvalue weighted by molar-refractivity contribution is -0.133. The number of carbonyl (C=O) groups is 2. The van der Waals surface area contributed by atoms with Crippen LogP contribution in [0.1, 0.15) is 44.9 Å². The number of fused-ring (bicyclic) bond motifs is 1. The van der Waals surface area contributed by atoms with Crippen LogP contribution in [0.4, 0.5) is 11.6 Å². The van der Waals surface area contributed by atoms with Gasteiger partial charge in [0.1, 0.15) is 6.04 Å². The minimum absolute atomic E-state index is 0.0985. The maximum Gasteiger partial charge on any atom is 0.260 e. The number of methoxy groups -OCH3 is 1. The number of amides is 2. The number of aromatic nitrogens is 3. The topological polar surface area (TPSA) is 111 Å². The maximum atomic E-state index is 13.8. The number of ether oxygens (including phenoxy) is 2. The van der Waals surface area contributed by atoms with Gasteiger partial charge in [0.2, 0.25) is 11.1 Å². The molecule has 10 nitrogen and oxygen atoms in total. The molecule has 1 unspecified atom stereocenters. The number of thioether (sulfide) groups is 1. The van der Waals surface area contributed by atoms with Gasteiger partial charge in [-0.15, -0.1) is 5.10 Å². The number of anilines is 2. The third kappa shape index (κ3) is 6.25. The fraction of sp³-hybridized carbons (Fsp3) is 0.379. The Bertz CT molecular complexity index is 1420. The standard InChI is InChI=1S/C29H36N6O4S/c1-7-34(8-2)24(36)17-39-22-14-13-20(16-23(22)38-6)26-25(27(37)31-21-12-10-11-18(4)15-21)19(5)30-28-32-29(40-9-3)33-35(26)28/h10-16,26H,7-9,17H2,1-6H3,(H,31,37)(H,30,32,33). The van der Waals surface area contributed by atoms with Crippen LogP contribution in [0.25, 0.3) is 0 Å². The highest BCUT2D eigenvalue weighted by atomic mass is 32.2. The van der Waals surface area contributed by atoms with Crippen LogP contribution in [0.15, 0.2) is 58.9 Å². The molecular weight excluding hydrogens is 528 g/mol. The van der Waals surface area contributed by atoms with Crippen molar-refractivity contribution in [3.8, 4) is 11.5 Å². The van der Waals surface area contributed by atoms with E-state index in [4.69, 9.17) is 14.6 Å². The Labute approximate surface area is 239 Å². The van der Waals surface area contributed by atoms with Crippen LogP contribution in [-0.2, 0) is 9.59 Å². The van der Waals surface area contributed by atoms with Gasteiger partial charge in [0.15, 0.2) is 18.1 Å². The minimum Gasteiger partial charge on any atom is -0.493 e. The SMILES string of the molecule is CCSc1nc2n(n1)C(c1ccc(OCC(=O)N(CC)CC)c(OC)c1)C(C(=O)Nc1cccc(C)c1)=C(C)N2. The zero-order chi connectivity index (χ0) is 28.8. The second-order valence-corrected chi connectivity index (χ2v) is 10.5. The first-order chi connectivity index (χ1) is 19.3. The molecule has 2 heterocycles. The molecule has 1 aliphatic heterocycles. The number of carbonyl (C=O) groups excluding carboxylic acids is 2. The van der Waals surface area contributed by atoms with Gasteiger partial charge in [0.05, 0.1) is 12.7 Å². The van der Waals surface area contributed by atoms with Crippen molar-refractivity contribution in [3.63, 3.8) is 0 Å². The van der Waals surface area contributed by atoms with Crippen molar-refractivity contribution in [2.75, 3.05) is 43.2 Å². The molecule has 212 valence electrons. The van der Waals surface area contributed by atoms with Gasteiger partial charge in [0.25, 0.3) is 11.8 Å². The van der Waals surface area contributed by atoms with Crippen molar-refractivity contribution in [3.05, 3.63) is 64.9 Å². The first-order valence-corrected chi connectivity index (χ1v) is 14.3. The number of rotatable bonds is 11. The Hall–Kier alpha value is -3.99. The molecule has 0 fully saturated rings. The lowest BCUT2D eigenvalue weighted by atomic mass is 9.94. The molecule has 11 heteroatoms. The number of nitrogens with one attached hydrogen (secondary N) is 2. The van der Waals surface area contributed by atoms with E-state index in [1.165, 1.54) is 11.8 Å². The molecule has 0 bridgehead atoms. The molecule has 0 saturated heterocycles. The summed E-state index contributed by atoms with van der Waals surface area (Å²) in [5.41, 5.74) is 3.68. The fourth-order valence-corrected chi connectivity index (χ4v) is 5.18. The summed E-state index contributed by atoms with van der Waals surface area (Å²) in [4.78, 5) is 32.6. The molecule has 40 heavy (non-hydrogen) atoms. The van der Waals surface area contributed by atoms with E-state index in [1.54, 1.807) is 22.8 Å². The quantitative estimate of drug-likeness (QED) is 0.317. The van der Waals surface area contributed by atoms with Gasteiger partial charge in [0, 0.05) is 24.5 Å². The zero-order valence-electron chi connectivity index (χ0n) is 23.8. The lowest BCUT2D eigenvalue weighted by Crippen LogP contribution is -2.34. The molecule has 2 aromatic carbocycles. The van der Waals surface area contributed by atoms with E-state index in [2.05, 4.69) is 15.6 Å². The second kappa shape index (κ2) is 12.9. The largest absolute Gasteiger partial charge is 0.493 e. The fourth-order valence-electron chi connectivity index (χ4n) is 4.63. The predicted molar refractivity (Wildman–Crippen MR) is 157 cm³/mol. The normalized spacial score (nSPS) is 14.3. The minimum atomic E-state index is -0.583. The van der Waals surface area contributed by atoms with Gasteiger partial charge in [-0.2, -0.15) is 4.98 Å². The van der Waals surface area contributed by atoms with Gasteiger partial charge in [-0.25, -0.2) is 4.68 Å². The summed E-state index contributed by atoms with van der Waals surface area (Å²) in [5, 5.41) is 11.6. The number of benzene rings is 2. The molecule has 2 amide bonds. The molecular formula is C29H36N6O4S. The molecule has 0 spiro atoms. The van der Waals surface area contributed by atoms with Crippen LogP contribution in [0, 0.1) is 6.92 Å². The number of likely N-dealkylation sites (N-methyl/N-ethyl adjacent to an activating group) is 1. The summed E-state index contributed by atoms with van der Waals surface area (Å²) in [6.45, 7) is 10.9. The first kappa shape index (κ1) is 29.0. The Morgan fingerprint density at radius 1 is 1.10 bits per heavy atom. The number of aryl methyl sites for hydroxylation is 1. The van der Waals surface area contributed by atoms with Crippen LogP contribution in [0.5, 0.6) is 11.5 Å². The monoisotopic (exact) mass is 564 g/mol. The molecule has 1 aromatic heterocycles. The number of allylic oxidation sites excluding steroid dienone is 1. The van der Waals surface area contributed by atoms with Crippen molar-refractivity contribution in [1.29, 1.82) is 0 Å². The van der Waals surface area contributed by atoms with Gasteiger partial charge in [-0.05, 0) is 68.8 Å². The highest BCUT2D eigenvalue weighted by Crippen LogP contribution is 2.40. The number of hydrogen-bond donors (Lipinski definition) is 2. The van der Waals surface area contributed by atoms with Crippen molar-refractivity contribution in [2.24, 2.45) is 0 Å². The van der Waals surface area contributed by atoms with Gasteiger partial charge < -0.3 is 25.0 Å². The Morgan fingerprint density at radius 2 is 1.88 bits per heavy atom. The molecule has 1 atom stereocenters. The van der Waals surface area contributed by atoms with Crippen LogP contribution < -0.4 is 20.1 Å². The molecule has 2 N–H and O–H groups in total. The van der Waals surface area contributed by atoms with Gasteiger partial charge >= 0.3 is 0 Å². The average Bonchev–Trinajstić information content (AvgIpc) is 3.33. The summed E-state index contributed by atoms with van der Waals surface area (Å²) in [7, 11) is 1.55. The van der Waals surface area contributed by atoms with E-state index < -0.39 is 6.04 Å². The smallest absolute Gasteiger partial charge is 0.260 e. The summed E-state index contributed by atoms with van der Waals surface area (Å²) >= 11 is 1.52. The Balaban J connectivity index is 1.71. The van der Waals surface area contributed by atoms with Crippen molar-refractivity contribution < 1.29 is 19.1 Å². The average molecular weight is 565 g/mol. The summed E-state index contributed by atoms with van der Waals surface area (Å²) < 4.78 is 13.2. The van der Waals surface area contributed by atoms with Crippen LogP contribution in [0.3, 0.4) is 0 Å². The lowest BCUT2D eigenvalue weighted by Gasteiger charge is -2.29. The Kier molecular flexibility index (Phi) is 9.36. The highest BCUT2D eigenvalue weighted by molar-refractivity contribution is 7.99. The molecule has 0 radical (unpaired) electrons. The van der Waals surface area contributed by atoms with E-state index in [1.807, 2.05) is 71.0 Å². The van der Waals surface area contributed by atoms with Gasteiger partial charge in [-0.1, -0.05) is 36.9 Å². The van der Waals surface area contributed by atoms with E-state index in [0.717, 1.165) is 16.9 Å². The van der Waals surface area contributed by atoms with Crippen molar-refractivity contribution in [2.45, 2.75) is 45.8 Å². The summed E-state index contributed by atoms with van der Waals surface area (Å²) in [6.07, 6.45) is 0. The summed E-state index contributed by atoms with van der Waals surface area (Å²) in [5.74, 6) is 1.90. The van der Waals surface area contributed by atoms with E-state index in [0.29, 0.717) is 52.7 Å². The number of hydrogen-bond acceptors (Lipinski definition) is 8. The predicted octanol–water partition coefficient (Wildman–Crippen LogP) is 4.88. The van der Waals surface area contributed by atoms with Crippen molar-refractivity contribution in [1.82, 2.24) is 19.7 Å². The van der Waals surface area contributed by atoms with Crippen molar-refractivity contribution >= 4 is 35.2 Å². The third-order valence-corrected chi connectivity index (χ3v) is 7.32. The maximum absolute atomic E-state index is 13.8. The summed E-state index contributed by atoms with van der Waals surface area (Å²) in [6, 6.07) is 12.5.